The van der Waals surface area contributed by atoms with Gasteiger partial charge in [0.15, 0.2) is 0 Å². The molecule has 0 radical (unpaired) electrons. The molecular weight excluding hydrogens is 312 g/mol. The fourth-order valence-corrected chi connectivity index (χ4v) is 2.96. The van der Waals surface area contributed by atoms with Crippen molar-refractivity contribution in [1.29, 1.82) is 0 Å². The summed E-state index contributed by atoms with van der Waals surface area (Å²) in [5.74, 6) is -0.117. The topological polar surface area (TPSA) is 90.7 Å². The van der Waals surface area contributed by atoms with Gasteiger partial charge in [0.05, 0.1) is 18.5 Å². The number of nitrogens with one attached hydrogen (secondary N) is 1. The van der Waals surface area contributed by atoms with Gasteiger partial charge in [0.1, 0.15) is 4.99 Å². The van der Waals surface area contributed by atoms with Crippen molar-refractivity contribution in [2.75, 3.05) is 27.4 Å². The maximum absolute atomic E-state index is 12.0. The van der Waals surface area contributed by atoms with Crippen LogP contribution in [0.2, 0.25) is 0 Å². The van der Waals surface area contributed by atoms with Crippen LogP contribution in [-0.2, 0) is 25.2 Å². The predicted octanol–water partition coefficient (Wildman–Crippen LogP) is 0.402. The SMILES string of the molecule is COCC(CNS(=O)(=O)Cc1ccc(C(N)=S)cc1)OC. The van der Waals surface area contributed by atoms with E-state index in [0.717, 1.165) is 0 Å². The number of hydrogen-bond acceptors (Lipinski definition) is 5. The fourth-order valence-electron chi connectivity index (χ4n) is 1.65. The zero-order valence-electron chi connectivity index (χ0n) is 12.0. The van der Waals surface area contributed by atoms with Gasteiger partial charge in [0.25, 0.3) is 0 Å². The van der Waals surface area contributed by atoms with Gasteiger partial charge in [-0.05, 0) is 5.56 Å². The molecule has 1 atom stereocenters. The van der Waals surface area contributed by atoms with Crippen molar-refractivity contribution in [2.24, 2.45) is 5.73 Å². The second-order valence-corrected chi connectivity index (χ2v) is 6.73. The monoisotopic (exact) mass is 332 g/mol. The molecule has 0 aliphatic heterocycles. The highest BCUT2D eigenvalue weighted by molar-refractivity contribution is 7.88. The largest absolute Gasteiger partial charge is 0.389 e. The number of sulfonamides is 1. The average Bonchev–Trinajstić information content (AvgIpc) is 2.43. The quantitative estimate of drug-likeness (QED) is 0.636. The van der Waals surface area contributed by atoms with Crippen molar-refractivity contribution < 1.29 is 17.9 Å². The van der Waals surface area contributed by atoms with Crippen LogP contribution >= 0.6 is 12.2 Å². The minimum Gasteiger partial charge on any atom is -0.389 e. The molecular formula is C13H20N2O4S2. The molecule has 3 N–H and O–H groups in total. The summed E-state index contributed by atoms with van der Waals surface area (Å²) in [5.41, 5.74) is 6.85. The third-order valence-corrected chi connectivity index (χ3v) is 4.37. The zero-order chi connectivity index (χ0) is 15.9. The number of hydrogen-bond donors (Lipinski definition) is 2. The van der Waals surface area contributed by atoms with E-state index in [2.05, 4.69) is 4.72 Å². The Kier molecular flexibility index (Phi) is 7.20. The summed E-state index contributed by atoms with van der Waals surface area (Å²) >= 11 is 4.84. The molecule has 0 aromatic heterocycles. The third-order valence-electron chi connectivity index (χ3n) is 2.81. The van der Waals surface area contributed by atoms with Gasteiger partial charge in [0.2, 0.25) is 10.0 Å². The fraction of sp³-hybridized carbons (Fsp3) is 0.462. The van der Waals surface area contributed by atoms with Crippen molar-refractivity contribution >= 4 is 27.2 Å². The number of benzene rings is 1. The Morgan fingerprint density at radius 3 is 2.43 bits per heavy atom. The van der Waals surface area contributed by atoms with Crippen LogP contribution in [0.5, 0.6) is 0 Å². The van der Waals surface area contributed by atoms with Crippen LogP contribution in [0.4, 0.5) is 0 Å². The first-order valence-electron chi connectivity index (χ1n) is 6.25. The minimum absolute atomic E-state index is 0.117. The van der Waals surface area contributed by atoms with Crippen LogP contribution in [0.1, 0.15) is 11.1 Å². The summed E-state index contributed by atoms with van der Waals surface area (Å²) in [4.78, 5) is 0.282. The second kappa shape index (κ2) is 8.40. The van der Waals surface area contributed by atoms with Gasteiger partial charge >= 0.3 is 0 Å². The second-order valence-electron chi connectivity index (χ2n) is 4.48. The molecule has 6 nitrogen and oxygen atoms in total. The highest BCUT2D eigenvalue weighted by Crippen LogP contribution is 2.08. The first kappa shape index (κ1) is 18.0. The molecule has 0 spiro atoms. The molecule has 0 aliphatic rings. The third kappa shape index (κ3) is 6.49. The predicted molar refractivity (Wildman–Crippen MR) is 85.6 cm³/mol. The Labute approximate surface area is 130 Å². The van der Waals surface area contributed by atoms with Gasteiger partial charge in [-0.25, -0.2) is 13.1 Å². The first-order valence-corrected chi connectivity index (χ1v) is 8.32. The lowest BCUT2D eigenvalue weighted by Gasteiger charge is -2.15. The van der Waals surface area contributed by atoms with E-state index in [-0.39, 0.29) is 23.4 Å². The van der Waals surface area contributed by atoms with E-state index in [1.165, 1.54) is 14.2 Å². The summed E-state index contributed by atoms with van der Waals surface area (Å²) in [6, 6.07) is 6.79. The smallest absolute Gasteiger partial charge is 0.215 e. The molecule has 8 heteroatoms. The molecule has 1 aromatic rings. The van der Waals surface area contributed by atoms with E-state index in [9.17, 15) is 8.42 Å². The number of ether oxygens (including phenoxy) is 2. The van der Waals surface area contributed by atoms with Gasteiger partial charge in [-0.15, -0.1) is 0 Å². The maximum atomic E-state index is 12.0. The molecule has 0 saturated carbocycles. The van der Waals surface area contributed by atoms with E-state index in [1.54, 1.807) is 24.3 Å². The van der Waals surface area contributed by atoms with Crippen molar-refractivity contribution in [3.8, 4) is 0 Å². The summed E-state index contributed by atoms with van der Waals surface area (Å²) in [5, 5.41) is 0. The van der Waals surface area contributed by atoms with Crippen molar-refractivity contribution in [3.63, 3.8) is 0 Å². The number of nitrogens with two attached hydrogens (primary N) is 1. The van der Waals surface area contributed by atoms with Gasteiger partial charge in [-0.2, -0.15) is 0 Å². The zero-order valence-corrected chi connectivity index (χ0v) is 13.7. The normalized spacial score (nSPS) is 13.0. The summed E-state index contributed by atoms with van der Waals surface area (Å²) in [7, 11) is -0.403. The molecule has 21 heavy (non-hydrogen) atoms. The molecule has 1 aromatic carbocycles. The highest BCUT2D eigenvalue weighted by Gasteiger charge is 2.15. The Morgan fingerprint density at radius 2 is 1.95 bits per heavy atom. The minimum atomic E-state index is -3.44. The molecule has 0 fully saturated rings. The van der Waals surface area contributed by atoms with Crippen molar-refractivity contribution in [3.05, 3.63) is 35.4 Å². The Hall–Kier alpha value is -1.06. The average molecular weight is 332 g/mol. The molecule has 0 aliphatic carbocycles. The van der Waals surface area contributed by atoms with Gasteiger partial charge in [-0.3, -0.25) is 0 Å². The van der Waals surface area contributed by atoms with E-state index >= 15 is 0 Å². The van der Waals surface area contributed by atoms with Gasteiger partial charge in [0, 0.05) is 26.3 Å². The van der Waals surface area contributed by atoms with Gasteiger partial charge in [-0.1, -0.05) is 36.5 Å². The Balaban J connectivity index is 2.61. The molecule has 0 saturated heterocycles. The van der Waals surface area contributed by atoms with Crippen LogP contribution in [0, 0.1) is 0 Å². The van der Waals surface area contributed by atoms with Crippen LogP contribution in [-0.4, -0.2) is 46.9 Å². The maximum Gasteiger partial charge on any atom is 0.215 e. The lowest BCUT2D eigenvalue weighted by atomic mass is 10.1. The van der Waals surface area contributed by atoms with Crippen LogP contribution in [0.15, 0.2) is 24.3 Å². The van der Waals surface area contributed by atoms with Crippen molar-refractivity contribution in [1.82, 2.24) is 4.72 Å². The Bertz CT molecular complexity index is 558. The molecule has 0 bridgehead atoms. The number of thiocarbonyl (C=S) groups is 1. The van der Waals surface area contributed by atoms with E-state index < -0.39 is 10.0 Å². The Morgan fingerprint density at radius 1 is 1.33 bits per heavy atom. The first-order chi connectivity index (χ1) is 9.88. The lowest BCUT2D eigenvalue weighted by Crippen LogP contribution is -2.36. The van der Waals surface area contributed by atoms with E-state index in [4.69, 9.17) is 27.4 Å². The molecule has 1 unspecified atom stereocenters. The van der Waals surface area contributed by atoms with E-state index in [1.807, 2.05) is 0 Å². The molecule has 0 amide bonds. The highest BCUT2D eigenvalue weighted by atomic mass is 32.2. The van der Waals surface area contributed by atoms with Gasteiger partial charge < -0.3 is 15.2 Å². The van der Waals surface area contributed by atoms with Crippen LogP contribution in [0.3, 0.4) is 0 Å². The summed E-state index contributed by atoms with van der Waals surface area (Å²) in [6.45, 7) is 0.485. The molecule has 118 valence electrons. The lowest BCUT2D eigenvalue weighted by molar-refractivity contribution is 0.0320. The van der Waals surface area contributed by atoms with Crippen molar-refractivity contribution in [2.45, 2.75) is 11.9 Å². The standard InChI is InChI=1S/C13H20N2O4S2/c1-18-8-12(19-2)7-15-21(16,17)9-10-3-5-11(6-4-10)13(14)20/h3-6,12,15H,7-9H2,1-2H3,(H2,14,20). The van der Waals surface area contributed by atoms with Crippen LogP contribution < -0.4 is 10.5 Å². The molecule has 0 heterocycles. The summed E-state index contributed by atoms with van der Waals surface area (Å²) in [6.07, 6.45) is -0.318. The van der Waals surface area contributed by atoms with Crippen LogP contribution in [0.25, 0.3) is 0 Å². The molecule has 1 rings (SSSR count). The summed E-state index contributed by atoms with van der Waals surface area (Å²) < 4.78 is 36.5. The number of methoxy groups -OCH3 is 2. The van der Waals surface area contributed by atoms with E-state index in [0.29, 0.717) is 17.7 Å². The number of rotatable bonds is 9.